The molecule has 0 spiro atoms. The van der Waals surface area contributed by atoms with Gasteiger partial charge in [0.05, 0.1) is 5.66 Å². The summed E-state index contributed by atoms with van der Waals surface area (Å²) in [5.74, 6) is -19.5. The summed E-state index contributed by atoms with van der Waals surface area (Å²) in [4.78, 5) is 0. The van der Waals surface area contributed by atoms with Crippen LogP contribution in [0.3, 0.4) is 0 Å². The zero-order valence-electron chi connectivity index (χ0n) is 10.00. The first-order valence-corrected chi connectivity index (χ1v) is 5.24. The summed E-state index contributed by atoms with van der Waals surface area (Å²) >= 11 is 0. The average Bonchev–Trinajstić information content (AvgIpc) is 2.25. The van der Waals surface area contributed by atoms with Crippen LogP contribution in [0.4, 0.5) is 39.5 Å². The van der Waals surface area contributed by atoms with Crippen molar-refractivity contribution in [2.75, 3.05) is 0 Å². The van der Waals surface area contributed by atoms with Crippen LogP contribution >= 0.6 is 0 Å². The fourth-order valence-electron chi connectivity index (χ4n) is 1.54. The molecule has 0 radical (unpaired) electrons. The van der Waals surface area contributed by atoms with Gasteiger partial charge in [0, 0.05) is 12.0 Å². The molecule has 2 nitrogen and oxygen atoms in total. The van der Waals surface area contributed by atoms with E-state index >= 15 is 0 Å². The zero-order valence-corrected chi connectivity index (χ0v) is 10.00. The number of hydrogen-bond acceptors (Lipinski definition) is 2. The van der Waals surface area contributed by atoms with Gasteiger partial charge in [-0.3, -0.25) is 0 Å². The molecule has 0 heterocycles. The van der Waals surface area contributed by atoms with Gasteiger partial charge < -0.3 is 11.5 Å². The number of alkyl halides is 9. The second kappa shape index (κ2) is 4.63. The summed E-state index contributed by atoms with van der Waals surface area (Å²) < 4.78 is 114. The van der Waals surface area contributed by atoms with Gasteiger partial charge in [-0.05, 0) is 6.08 Å². The van der Waals surface area contributed by atoms with Gasteiger partial charge in [-0.25, -0.2) is 0 Å². The molecule has 1 aliphatic carbocycles. The third kappa shape index (κ3) is 2.76. The predicted octanol–water partition coefficient (Wildman–Crippen LogP) is 2.95. The summed E-state index contributed by atoms with van der Waals surface area (Å²) in [5.41, 5.74) is 6.46. The molecule has 122 valence electrons. The Morgan fingerprint density at radius 1 is 0.857 bits per heavy atom. The maximum absolute atomic E-state index is 13.5. The van der Waals surface area contributed by atoms with E-state index in [2.05, 4.69) is 0 Å². The maximum atomic E-state index is 13.5. The van der Waals surface area contributed by atoms with Gasteiger partial charge in [0.15, 0.2) is 0 Å². The van der Waals surface area contributed by atoms with Crippen LogP contribution in [0.2, 0.25) is 0 Å². The normalized spacial score (nSPS) is 20.4. The Kier molecular flexibility index (Phi) is 3.93. The Balaban J connectivity index is 3.36. The second-order valence-electron chi connectivity index (χ2n) is 4.54. The van der Waals surface area contributed by atoms with Crippen molar-refractivity contribution in [3.8, 4) is 0 Å². The Labute approximate surface area is 112 Å². The molecular formula is C10H9F9N2. The summed E-state index contributed by atoms with van der Waals surface area (Å²) in [6, 6.07) is 0. The van der Waals surface area contributed by atoms with Crippen LogP contribution in [0, 0.1) is 0 Å². The van der Waals surface area contributed by atoms with Gasteiger partial charge >= 0.3 is 23.9 Å². The quantitative estimate of drug-likeness (QED) is 0.618. The topological polar surface area (TPSA) is 52.0 Å². The van der Waals surface area contributed by atoms with E-state index in [0.29, 0.717) is 0 Å². The molecule has 0 unspecified atom stereocenters. The fraction of sp³-hybridized carbons (Fsp3) is 0.600. The largest absolute Gasteiger partial charge is 0.460 e. The van der Waals surface area contributed by atoms with Crippen LogP contribution in [-0.4, -0.2) is 29.6 Å². The number of allylic oxidation sites excluding steroid dienone is 2. The standard InChI is InChI=1S/C10H9F9N2/c11-7(12,5-2-1-3-6(20,21)4-5)8(13,14)9(15,16)10(17,18)19/h1-2,4H,3,20-21H2. The van der Waals surface area contributed by atoms with Crippen molar-refractivity contribution < 1.29 is 39.5 Å². The van der Waals surface area contributed by atoms with Gasteiger partial charge in [0.2, 0.25) is 0 Å². The highest BCUT2D eigenvalue weighted by Gasteiger charge is 2.82. The highest BCUT2D eigenvalue weighted by Crippen LogP contribution is 2.55. The van der Waals surface area contributed by atoms with Crippen molar-refractivity contribution in [2.45, 2.75) is 36.0 Å². The van der Waals surface area contributed by atoms with Gasteiger partial charge in [-0.15, -0.1) is 0 Å². The molecule has 4 N–H and O–H groups in total. The molecule has 0 saturated heterocycles. The monoisotopic (exact) mass is 328 g/mol. The van der Waals surface area contributed by atoms with Crippen LogP contribution in [-0.2, 0) is 0 Å². The van der Waals surface area contributed by atoms with Crippen molar-refractivity contribution in [3.05, 3.63) is 23.8 Å². The van der Waals surface area contributed by atoms with E-state index in [1.165, 1.54) is 0 Å². The second-order valence-corrected chi connectivity index (χ2v) is 4.54. The van der Waals surface area contributed by atoms with Crippen molar-refractivity contribution in [2.24, 2.45) is 11.5 Å². The minimum Gasteiger partial charge on any atom is -0.310 e. The van der Waals surface area contributed by atoms with Crippen LogP contribution in [0.1, 0.15) is 6.42 Å². The van der Waals surface area contributed by atoms with E-state index in [1.54, 1.807) is 0 Å². The van der Waals surface area contributed by atoms with E-state index < -0.39 is 35.2 Å². The molecule has 1 aliphatic rings. The Hall–Kier alpha value is -1.23. The van der Waals surface area contributed by atoms with Crippen LogP contribution in [0.25, 0.3) is 0 Å². The first-order valence-electron chi connectivity index (χ1n) is 5.24. The van der Waals surface area contributed by atoms with Crippen molar-refractivity contribution >= 4 is 0 Å². The summed E-state index contributed by atoms with van der Waals surface area (Å²) in [5, 5.41) is 0. The molecule has 0 aromatic heterocycles. The SMILES string of the molecule is NC1(N)C=C(C(F)(F)C(F)(F)C(F)(F)C(F)(F)F)C=CC1. The van der Waals surface area contributed by atoms with Gasteiger partial charge in [0.25, 0.3) is 0 Å². The first kappa shape index (κ1) is 17.8. The van der Waals surface area contributed by atoms with Crippen molar-refractivity contribution in [1.29, 1.82) is 0 Å². The van der Waals surface area contributed by atoms with Crippen LogP contribution in [0.15, 0.2) is 23.8 Å². The smallest absolute Gasteiger partial charge is 0.310 e. The van der Waals surface area contributed by atoms with E-state index in [1.807, 2.05) is 0 Å². The highest BCUT2D eigenvalue weighted by atomic mass is 19.4. The van der Waals surface area contributed by atoms with Gasteiger partial charge in [-0.1, -0.05) is 12.2 Å². The molecule has 0 amide bonds. The van der Waals surface area contributed by atoms with E-state index in [-0.39, 0.29) is 18.6 Å². The summed E-state index contributed by atoms with van der Waals surface area (Å²) in [6.07, 6.45) is -5.97. The third-order valence-corrected chi connectivity index (χ3v) is 2.70. The molecule has 0 aromatic rings. The molecule has 0 aliphatic heterocycles. The third-order valence-electron chi connectivity index (χ3n) is 2.70. The Bertz CT molecular complexity index is 473. The molecule has 1 rings (SSSR count). The summed E-state index contributed by atoms with van der Waals surface area (Å²) in [7, 11) is 0. The van der Waals surface area contributed by atoms with Crippen LogP contribution in [0.5, 0.6) is 0 Å². The molecule has 0 aromatic carbocycles. The Morgan fingerprint density at radius 3 is 1.71 bits per heavy atom. The lowest BCUT2D eigenvalue weighted by atomic mass is 9.89. The van der Waals surface area contributed by atoms with E-state index in [9.17, 15) is 39.5 Å². The highest BCUT2D eigenvalue weighted by molar-refractivity contribution is 5.37. The minimum atomic E-state index is -6.94. The lowest BCUT2D eigenvalue weighted by Gasteiger charge is -2.36. The molecule has 0 saturated carbocycles. The number of halogens is 9. The molecule has 0 fully saturated rings. The number of rotatable bonds is 3. The molecule has 0 bridgehead atoms. The van der Waals surface area contributed by atoms with Crippen molar-refractivity contribution in [3.63, 3.8) is 0 Å². The Morgan fingerprint density at radius 2 is 1.33 bits per heavy atom. The first-order chi connectivity index (χ1) is 9.06. The molecule has 21 heavy (non-hydrogen) atoms. The van der Waals surface area contributed by atoms with E-state index in [4.69, 9.17) is 11.5 Å². The molecular weight excluding hydrogens is 319 g/mol. The minimum absolute atomic E-state index is 0.132. The van der Waals surface area contributed by atoms with Crippen LogP contribution < -0.4 is 11.5 Å². The van der Waals surface area contributed by atoms with E-state index in [0.717, 1.165) is 6.08 Å². The summed E-state index contributed by atoms with van der Waals surface area (Å²) in [6.45, 7) is 0. The maximum Gasteiger partial charge on any atom is 0.460 e. The lowest BCUT2D eigenvalue weighted by Crippen LogP contribution is -2.62. The fourth-order valence-corrected chi connectivity index (χ4v) is 1.54. The van der Waals surface area contributed by atoms with Gasteiger partial charge in [-0.2, -0.15) is 39.5 Å². The average molecular weight is 328 g/mol. The number of hydrogen-bond donors (Lipinski definition) is 2. The van der Waals surface area contributed by atoms with Crippen molar-refractivity contribution in [1.82, 2.24) is 0 Å². The molecule has 0 atom stereocenters. The predicted molar refractivity (Wildman–Crippen MR) is 53.8 cm³/mol. The zero-order chi connectivity index (χ0) is 16.9. The lowest BCUT2D eigenvalue weighted by molar-refractivity contribution is -0.389. The molecule has 11 heteroatoms. The van der Waals surface area contributed by atoms with Gasteiger partial charge in [0.1, 0.15) is 0 Å². The number of nitrogens with two attached hydrogens (primary N) is 2.